The zero-order valence-corrected chi connectivity index (χ0v) is 9.66. The molecule has 0 radical (unpaired) electrons. The third-order valence-electron chi connectivity index (χ3n) is 1.79. The van der Waals surface area contributed by atoms with Gasteiger partial charge in [-0.1, -0.05) is 6.58 Å². The SMILES string of the molecule is C=C(C)C(=O)OC(C)CC(C)(C)N=C=O. The van der Waals surface area contributed by atoms with Crippen LogP contribution in [-0.2, 0) is 14.3 Å². The lowest BCUT2D eigenvalue weighted by atomic mass is 9.98. The number of carbonyl (C=O) groups is 1. The fraction of sp³-hybridized carbons (Fsp3) is 0.636. The van der Waals surface area contributed by atoms with Gasteiger partial charge in [0.15, 0.2) is 0 Å². The Morgan fingerprint density at radius 3 is 2.53 bits per heavy atom. The summed E-state index contributed by atoms with van der Waals surface area (Å²) in [6, 6.07) is 0. The Labute approximate surface area is 90.0 Å². The van der Waals surface area contributed by atoms with Crippen molar-refractivity contribution in [1.29, 1.82) is 0 Å². The van der Waals surface area contributed by atoms with Crippen molar-refractivity contribution in [2.24, 2.45) is 4.99 Å². The van der Waals surface area contributed by atoms with E-state index in [9.17, 15) is 9.59 Å². The van der Waals surface area contributed by atoms with Crippen molar-refractivity contribution in [2.75, 3.05) is 0 Å². The van der Waals surface area contributed by atoms with Crippen LogP contribution in [0.3, 0.4) is 0 Å². The van der Waals surface area contributed by atoms with Crippen LogP contribution < -0.4 is 0 Å². The molecule has 0 N–H and O–H groups in total. The molecule has 0 aromatic rings. The normalized spacial score (nSPS) is 12.5. The second-order valence-corrected chi connectivity index (χ2v) is 4.22. The maximum absolute atomic E-state index is 11.2. The average molecular weight is 211 g/mol. The third kappa shape index (κ3) is 5.81. The fourth-order valence-corrected chi connectivity index (χ4v) is 1.20. The highest BCUT2D eigenvalue weighted by Crippen LogP contribution is 2.18. The molecule has 0 aliphatic rings. The molecule has 0 rings (SSSR count). The van der Waals surface area contributed by atoms with E-state index in [4.69, 9.17) is 4.74 Å². The first kappa shape index (κ1) is 13.6. The molecule has 0 spiro atoms. The monoisotopic (exact) mass is 211 g/mol. The van der Waals surface area contributed by atoms with Crippen LogP contribution in [0.1, 0.15) is 34.1 Å². The highest BCUT2D eigenvalue weighted by molar-refractivity contribution is 5.87. The Balaban J connectivity index is 4.26. The number of hydrogen-bond donors (Lipinski definition) is 0. The van der Waals surface area contributed by atoms with Gasteiger partial charge in [-0.2, -0.15) is 4.99 Å². The molecule has 0 aromatic heterocycles. The van der Waals surface area contributed by atoms with Gasteiger partial charge in [-0.25, -0.2) is 9.59 Å². The molecule has 0 aliphatic heterocycles. The van der Waals surface area contributed by atoms with Crippen molar-refractivity contribution >= 4 is 12.0 Å². The summed E-state index contributed by atoms with van der Waals surface area (Å²) in [5.74, 6) is -0.423. The molecule has 4 nitrogen and oxygen atoms in total. The molecule has 0 aliphatic carbocycles. The minimum absolute atomic E-state index is 0.304. The molecular weight excluding hydrogens is 194 g/mol. The smallest absolute Gasteiger partial charge is 0.333 e. The van der Waals surface area contributed by atoms with Crippen LogP contribution in [0.4, 0.5) is 0 Å². The van der Waals surface area contributed by atoms with Crippen LogP contribution >= 0.6 is 0 Å². The van der Waals surface area contributed by atoms with Gasteiger partial charge in [0.25, 0.3) is 0 Å². The van der Waals surface area contributed by atoms with E-state index in [0.29, 0.717) is 12.0 Å². The standard InChI is InChI=1S/C11H17NO3/c1-8(2)10(14)15-9(3)6-11(4,5)12-7-13/h9H,1,6H2,2-5H3. The molecule has 84 valence electrons. The lowest BCUT2D eigenvalue weighted by Crippen LogP contribution is -2.26. The minimum Gasteiger partial charge on any atom is -0.459 e. The molecule has 1 unspecified atom stereocenters. The van der Waals surface area contributed by atoms with Crippen LogP contribution in [0.25, 0.3) is 0 Å². The van der Waals surface area contributed by atoms with Crippen LogP contribution in [0.5, 0.6) is 0 Å². The molecule has 1 atom stereocenters. The van der Waals surface area contributed by atoms with Crippen molar-refractivity contribution in [3.63, 3.8) is 0 Å². The van der Waals surface area contributed by atoms with E-state index in [2.05, 4.69) is 11.6 Å². The van der Waals surface area contributed by atoms with Crippen molar-refractivity contribution in [3.8, 4) is 0 Å². The van der Waals surface area contributed by atoms with Gasteiger partial charge >= 0.3 is 5.97 Å². The van der Waals surface area contributed by atoms with E-state index in [1.165, 1.54) is 6.08 Å². The van der Waals surface area contributed by atoms with Gasteiger partial charge in [-0.3, -0.25) is 0 Å². The highest BCUT2D eigenvalue weighted by Gasteiger charge is 2.22. The van der Waals surface area contributed by atoms with Crippen molar-refractivity contribution in [1.82, 2.24) is 0 Å². The number of ether oxygens (including phenoxy) is 1. The Morgan fingerprint density at radius 1 is 1.60 bits per heavy atom. The first-order valence-corrected chi connectivity index (χ1v) is 4.74. The summed E-state index contributed by atoms with van der Waals surface area (Å²) >= 11 is 0. The number of esters is 1. The summed E-state index contributed by atoms with van der Waals surface area (Å²) in [6.45, 7) is 10.4. The predicted octanol–water partition coefficient (Wildman–Crippen LogP) is 2.00. The van der Waals surface area contributed by atoms with Crippen LogP contribution in [0, 0.1) is 0 Å². The Kier molecular flexibility index (Phi) is 4.95. The molecule has 15 heavy (non-hydrogen) atoms. The molecule has 0 fully saturated rings. The molecule has 0 amide bonds. The van der Waals surface area contributed by atoms with Gasteiger partial charge in [-0.05, 0) is 27.7 Å². The largest absolute Gasteiger partial charge is 0.459 e. The number of isocyanates is 1. The van der Waals surface area contributed by atoms with Gasteiger partial charge in [0.2, 0.25) is 6.08 Å². The lowest BCUT2D eigenvalue weighted by molar-refractivity contribution is -0.144. The van der Waals surface area contributed by atoms with Gasteiger partial charge < -0.3 is 4.74 Å². The Hall–Kier alpha value is -1.41. The van der Waals surface area contributed by atoms with E-state index >= 15 is 0 Å². The zero-order valence-electron chi connectivity index (χ0n) is 9.66. The second-order valence-electron chi connectivity index (χ2n) is 4.22. The van der Waals surface area contributed by atoms with Gasteiger partial charge in [0.1, 0.15) is 6.10 Å². The van der Waals surface area contributed by atoms with Crippen LogP contribution in [0.15, 0.2) is 17.1 Å². The highest BCUT2D eigenvalue weighted by atomic mass is 16.5. The molecule has 0 saturated carbocycles. The summed E-state index contributed by atoms with van der Waals surface area (Å²) in [7, 11) is 0. The van der Waals surface area contributed by atoms with Crippen molar-refractivity contribution in [3.05, 3.63) is 12.2 Å². The summed E-state index contributed by atoms with van der Waals surface area (Å²) in [5, 5.41) is 0. The quantitative estimate of drug-likeness (QED) is 0.302. The predicted molar refractivity (Wildman–Crippen MR) is 57.2 cm³/mol. The number of nitrogens with zero attached hydrogens (tertiary/aromatic N) is 1. The van der Waals surface area contributed by atoms with Crippen LogP contribution in [0.2, 0.25) is 0 Å². The molecule has 0 aromatic carbocycles. The zero-order chi connectivity index (χ0) is 12.1. The van der Waals surface area contributed by atoms with Crippen molar-refractivity contribution in [2.45, 2.75) is 45.8 Å². The number of carbonyl (C=O) groups excluding carboxylic acids is 2. The summed E-state index contributed by atoms with van der Waals surface area (Å²) in [5.41, 5.74) is -0.199. The number of hydrogen-bond acceptors (Lipinski definition) is 4. The van der Waals surface area contributed by atoms with E-state index in [0.717, 1.165) is 0 Å². The van der Waals surface area contributed by atoms with Gasteiger partial charge in [-0.15, -0.1) is 0 Å². The van der Waals surface area contributed by atoms with E-state index in [-0.39, 0.29) is 6.10 Å². The van der Waals surface area contributed by atoms with Crippen LogP contribution in [-0.4, -0.2) is 23.7 Å². The van der Waals surface area contributed by atoms with Gasteiger partial charge in [0, 0.05) is 12.0 Å². The fourth-order valence-electron chi connectivity index (χ4n) is 1.20. The summed E-state index contributed by atoms with van der Waals surface area (Å²) < 4.78 is 5.07. The Morgan fingerprint density at radius 2 is 2.13 bits per heavy atom. The van der Waals surface area contributed by atoms with E-state index in [1.807, 2.05) is 0 Å². The minimum atomic E-state index is -0.559. The Bertz CT molecular complexity index is 301. The third-order valence-corrected chi connectivity index (χ3v) is 1.79. The first-order chi connectivity index (χ1) is 6.78. The molecule has 0 saturated heterocycles. The lowest BCUT2D eigenvalue weighted by Gasteiger charge is -2.22. The van der Waals surface area contributed by atoms with E-state index < -0.39 is 11.5 Å². The molecule has 0 bridgehead atoms. The second kappa shape index (κ2) is 5.47. The maximum atomic E-state index is 11.2. The van der Waals surface area contributed by atoms with E-state index in [1.54, 1.807) is 27.7 Å². The first-order valence-electron chi connectivity index (χ1n) is 4.74. The maximum Gasteiger partial charge on any atom is 0.333 e. The van der Waals surface area contributed by atoms with Gasteiger partial charge in [0.05, 0.1) is 5.54 Å². The average Bonchev–Trinajstić information content (AvgIpc) is 2.01. The summed E-state index contributed by atoms with van der Waals surface area (Å²) in [4.78, 5) is 24.9. The number of aliphatic imine (C=N–C) groups is 1. The molecule has 4 heteroatoms. The topological polar surface area (TPSA) is 55.7 Å². The molecular formula is C11H17NO3. The summed E-state index contributed by atoms with van der Waals surface area (Å²) in [6.07, 6.45) is 1.68. The number of rotatable bonds is 5. The van der Waals surface area contributed by atoms with Crippen molar-refractivity contribution < 1.29 is 14.3 Å². The molecule has 0 heterocycles.